The third kappa shape index (κ3) is 2.99. The summed E-state index contributed by atoms with van der Waals surface area (Å²) in [6, 6.07) is 7.71. The lowest BCUT2D eigenvalue weighted by Gasteiger charge is -2.36. The van der Waals surface area contributed by atoms with Crippen molar-refractivity contribution in [3.63, 3.8) is 0 Å². The third-order valence-electron chi connectivity index (χ3n) is 3.92. The van der Waals surface area contributed by atoms with Gasteiger partial charge in [-0.25, -0.2) is 0 Å². The van der Waals surface area contributed by atoms with E-state index in [-0.39, 0.29) is 0 Å². The second-order valence-electron chi connectivity index (χ2n) is 5.27. The Hall–Kier alpha value is -1.88. The van der Waals surface area contributed by atoms with Gasteiger partial charge in [0.2, 0.25) is 0 Å². The smallest absolute Gasteiger partial charge is 0.325 e. The number of aliphatic carboxylic acids is 2. The first-order chi connectivity index (χ1) is 9.55. The Morgan fingerprint density at radius 1 is 1.05 bits per heavy atom. The predicted octanol–water partition coefficient (Wildman–Crippen LogP) is 2.19. The summed E-state index contributed by atoms with van der Waals surface area (Å²) >= 11 is 0. The van der Waals surface area contributed by atoms with Crippen LogP contribution in [0.3, 0.4) is 0 Å². The van der Waals surface area contributed by atoms with Crippen LogP contribution < -0.4 is 5.32 Å². The van der Waals surface area contributed by atoms with Crippen LogP contribution in [0, 0.1) is 0 Å². The van der Waals surface area contributed by atoms with E-state index in [0.29, 0.717) is 18.4 Å². The molecule has 0 amide bonds. The zero-order chi connectivity index (χ0) is 14.6. The van der Waals surface area contributed by atoms with E-state index in [1.807, 2.05) is 0 Å². The molecule has 0 saturated heterocycles. The lowest BCUT2D eigenvalue weighted by atomic mass is 9.80. The Labute approximate surface area is 117 Å². The largest absolute Gasteiger partial charge is 0.480 e. The average molecular weight is 277 g/mol. The summed E-state index contributed by atoms with van der Waals surface area (Å²) in [6.45, 7) is 0. The van der Waals surface area contributed by atoms with E-state index in [0.717, 1.165) is 19.3 Å². The highest BCUT2D eigenvalue weighted by Crippen LogP contribution is 2.31. The monoisotopic (exact) mass is 277 g/mol. The van der Waals surface area contributed by atoms with Crippen LogP contribution in [-0.4, -0.2) is 27.7 Å². The summed E-state index contributed by atoms with van der Waals surface area (Å²) in [4.78, 5) is 23.1. The van der Waals surface area contributed by atoms with Crippen LogP contribution in [0.15, 0.2) is 30.3 Å². The first-order valence-electron chi connectivity index (χ1n) is 6.84. The molecule has 1 aliphatic carbocycles. The van der Waals surface area contributed by atoms with Crippen molar-refractivity contribution in [3.8, 4) is 0 Å². The van der Waals surface area contributed by atoms with Gasteiger partial charge in [0.15, 0.2) is 0 Å². The summed E-state index contributed by atoms with van der Waals surface area (Å²) in [6.07, 6.45) is 3.55. The minimum absolute atomic E-state index is 0.471. The molecule has 20 heavy (non-hydrogen) atoms. The third-order valence-corrected chi connectivity index (χ3v) is 3.92. The van der Waals surface area contributed by atoms with Crippen molar-refractivity contribution < 1.29 is 19.8 Å². The first kappa shape index (κ1) is 14.5. The molecule has 0 heterocycles. The summed E-state index contributed by atoms with van der Waals surface area (Å²) in [5.41, 5.74) is -0.553. The van der Waals surface area contributed by atoms with Gasteiger partial charge in [0, 0.05) is 0 Å². The number of nitrogens with one attached hydrogen (secondary N) is 1. The second kappa shape index (κ2) is 6.05. The molecule has 1 atom stereocenters. The van der Waals surface area contributed by atoms with Gasteiger partial charge >= 0.3 is 11.9 Å². The molecule has 1 aromatic carbocycles. The molecule has 1 unspecified atom stereocenters. The normalized spacial score (nSPS) is 19.2. The van der Waals surface area contributed by atoms with Crippen LogP contribution in [0.1, 0.15) is 43.7 Å². The molecule has 1 fully saturated rings. The molecule has 108 valence electrons. The van der Waals surface area contributed by atoms with E-state index in [4.69, 9.17) is 0 Å². The molecular formula is C15H19NO4. The van der Waals surface area contributed by atoms with Crippen LogP contribution >= 0.6 is 0 Å². The molecule has 5 heteroatoms. The van der Waals surface area contributed by atoms with E-state index < -0.39 is 23.5 Å². The van der Waals surface area contributed by atoms with Crippen LogP contribution in [0.2, 0.25) is 0 Å². The van der Waals surface area contributed by atoms with Gasteiger partial charge in [-0.2, -0.15) is 0 Å². The topological polar surface area (TPSA) is 86.6 Å². The predicted molar refractivity (Wildman–Crippen MR) is 73.4 cm³/mol. The molecule has 0 spiro atoms. The van der Waals surface area contributed by atoms with Crippen LogP contribution in [0.4, 0.5) is 0 Å². The van der Waals surface area contributed by atoms with Gasteiger partial charge in [-0.1, -0.05) is 49.6 Å². The SMILES string of the molecule is O=C(O)C(NC1(C(=O)O)CCCCC1)c1ccccc1. The quantitative estimate of drug-likeness (QED) is 0.768. The Bertz CT molecular complexity index is 480. The first-order valence-corrected chi connectivity index (χ1v) is 6.84. The average Bonchev–Trinajstić information content (AvgIpc) is 2.46. The van der Waals surface area contributed by atoms with Gasteiger partial charge in [-0.3, -0.25) is 14.9 Å². The molecule has 2 rings (SSSR count). The number of carboxylic acid groups (broad SMARTS) is 2. The van der Waals surface area contributed by atoms with E-state index in [2.05, 4.69) is 5.32 Å². The maximum atomic E-state index is 11.6. The van der Waals surface area contributed by atoms with E-state index in [1.54, 1.807) is 30.3 Å². The summed E-state index contributed by atoms with van der Waals surface area (Å²) in [7, 11) is 0. The molecule has 5 nitrogen and oxygen atoms in total. The Balaban J connectivity index is 2.26. The van der Waals surface area contributed by atoms with E-state index >= 15 is 0 Å². The van der Waals surface area contributed by atoms with Gasteiger partial charge in [0.05, 0.1) is 0 Å². The van der Waals surface area contributed by atoms with Gasteiger partial charge < -0.3 is 10.2 Å². The van der Waals surface area contributed by atoms with Crippen LogP contribution in [-0.2, 0) is 9.59 Å². The summed E-state index contributed by atoms with van der Waals surface area (Å²) < 4.78 is 0. The second-order valence-corrected chi connectivity index (χ2v) is 5.27. The van der Waals surface area contributed by atoms with Crippen LogP contribution in [0.25, 0.3) is 0 Å². The van der Waals surface area contributed by atoms with Crippen molar-refractivity contribution >= 4 is 11.9 Å². The lowest BCUT2D eigenvalue weighted by molar-refractivity contribution is -0.149. The zero-order valence-electron chi connectivity index (χ0n) is 11.2. The van der Waals surface area contributed by atoms with Gasteiger partial charge in [0.25, 0.3) is 0 Å². The highest BCUT2D eigenvalue weighted by atomic mass is 16.4. The van der Waals surface area contributed by atoms with Crippen molar-refractivity contribution in [2.75, 3.05) is 0 Å². The number of hydrogen-bond acceptors (Lipinski definition) is 3. The number of carbonyl (C=O) groups is 2. The molecule has 1 aromatic rings. The van der Waals surface area contributed by atoms with Crippen molar-refractivity contribution in [1.29, 1.82) is 0 Å². The van der Waals surface area contributed by atoms with Crippen molar-refractivity contribution in [1.82, 2.24) is 5.32 Å². The Kier molecular flexibility index (Phi) is 4.39. The van der Waals surface area contributed by atoms with Crippen molar-refractivity contribution in [2.24, 2.45) is 0 Å². The van der Waals surface area contributed by atoms with Crippen molar-refractivity contribution in [3.05, 3.63) is 35.9 Å². The van der Waals surface area contributed by atoms with Gasteiger partial charge in [0.1, 0.15) is 11.6 Å². The Morgan fingerprint density at radius 3 is 2.15 bits per heavy atom. The number of hydrogen-bond donors (Lipinski definition) is 3. The minimum Gasteiger partial charge on any atom is -0.480 e. The molecule has 0 aliphatic heterocycles. The molecule has 0 aromatic heterocycles. The van der Waals surface area contributed by atoms with Crippen LogP contribution in [0.5, 0.6) is 0 Å². The molecule has 3 N–H and O–H groups in total. The number of carboxylic acids is 2. The number of benzene rings is 1. The highest BCUT2D eigenvalue weighted by Gasteiger charge is 2.42. The summed E-state index contributed by atoms with van der Waals surface area (Å²) in [5.74, 6) is -2.01. The fraction of sp³-hybridized carbons (Fsp3) is 0.467. The highest BCUT2D eigenvalue weighted by molar-refractivity contribution is 5.82. The van der Waals surface area contributed by atoms with Gasteiger partial charge in [-0.15, -0.1) is 0 Å². The fourth-order valence-corrected chi connectivity index (χ4v) is 2.78. The van der Waals surface area contributed by atoms with Gasteiger partial charge in [-0.05, 0) is 18.4 Å². The Morgan fingerprint density at radius 2 is 1.65 bits per heavy atom. The standard InChI is InChI=1S/C15H19NO4/c17-13(18)12(11-7-3-1-4-8-11)16-15(14(19)20)9-5-2-6-10-15/h1,3-4,7-8,12,16H,2,5-6,9-10H2,(H,17,18)(H,19,20). The maximum absolute atomic E-state index is 11.6. The minimum atomic E-state index is -1.13. The fourth-order valence-electron chi connectivity index (χ4n) is 2.78. The maximum Gasteiger partial charge on any atom is 0.325 e. The zero-order valence-corrected chi connectivity index (χ0v) is 11.2. The number of rotatable bonds is 5. The molecular weight excluding hydrogens is 258 g/mol. The molecule has 0 radical (unpaired) electrons. The van der Waals surface area contributed by atoms with E-state index in [1.165, 1.54) is 0 Å². The van der Waals surface area contributed by atoms with E-state index in [9.17, 15) is 19.8 Å². The molecule has 1 saturated carbocycles. The summed E-state index contributed by atoms with van der Waals surface area (Å²) in [5, 5.41) is 21.8. The van der Waals surface area contributed by atoms with Crippen molar-refractivity contribution in [2.45, 2.75) is 43.7 Å². The molecule has 0 bridgehead atoms. The molecule has 1 aliphatic rings. The lowest BCUT2D eigenvalue weighted by Crippen LogP contribution is -2.55.